The minimum atomic E-state index is -0.645. The lowest BCUT2D eigenvalue weighted by Gasteiger charge is -2.31. The van der Waals surface area contributed by atoms with Gasteiger partial charge in [0.15, 0.2) is 0 Å². The molecule has 1 aliphatic heterocycles. The molecule has 0 radical (unpaired) electrons. The first-order valence-electron chi connectivity index (χ1n) is 11.7. The van der Waals surface area contributed by atoms with Gasteiger partial charge in [-0.15, -0.1) is 0 Å². The Morgan fingerprint density at radius 1 is 1.06 bits per heavy atom. The lowest BCUT2D eigenvalue weighted by molar-refractivity contribution is -0.141. The number of hydrogen-bond donors (Lipinski definition) is 1. The number of rotatable bonds is 7. The molecule has 4 rings (SSSR count). The molecule has 2 aliphatic rings. The molecule has 0 aromatic heterocycles. The molecular formula is C27H31NO5. The number of aliphatic hydroxyl groups excluding tert-OH is 1. The van der Waals surface area contributed by atoms with Gasteiger partial charge in [-0.05, 0) is 63.4 Å². The molecule has 174 valence electrons. The van der Waals surface area contributed by atoms with Crippen LogP contribution in [-0.4, -0.2) is 40.4 Å². The van der Waals surface area contributed by atoms with Crippen molar-refractivity contribution in [1.82, 2.24) is 4.90 Å². The summed E-state index contributed by atoms with van der Waals surface area (Å²) >= 11 is 0. The monoisotopic (exact) mass is 449 g/mol. The van der Waals surface area contributed by atoms with E-state index in [1.54, 1.807) is 29.2 Å². The van der Waals surface area contributed by atoms with Gasteiger partial charge in [-0.2, -0.15) is 0 Å². The van der Waals surface area contributed by atoms with Gasteiger partial charge >= 0.3 is 0 Å². The molecule has 1 unspecified atom stereocenters. The quantitative estimate of drug-likeness (QED) is 0.356. The average molecular weight is 450 g/mol. The zero-order valence-electron chi connectivity index (χ0n) is 19.4. The van der Waals surface area contributed by atoms with Gasteiger partial charge in [0.2, 0.25) is 0 Å². The highest BCUT2D eigenvalue weighted by atomic mass is 16.5. The summed E-state index contributed by atoms with van der Waals surface area (Å²) in [6.45, 7) is 6.28. The van der Waals surface area contributed by atoms with E-state index in [0.29, 0.717) is 17.9 Å². The van der Waals surface area contributed by atoms with Crippen LogP contribution in [0.2, 0.25) is 0 Å². The molecule has 0 spiro atoms. The minimum Gasteiger partial charge on any atom is -0.507 e. The van der Waals surface area contributed by atoms with Crippen LogP contribution in [0.1, 0.15) is 63.6 Å². The van der Waals surface area contributed by atoms with Crippen LogP contribution in [0.4, 0.5) is 0 Å². The maximum Gasteiger partial charge on any atom is 0.295 e. The highest BCUT2D eigenvalue weighted by molar-refractivity contribution is 6.46. The van der Waals surface area contributed by atoms with E-state index in [9.17, 15) is 14.7 Å². The summed E-state index contributed by atoms with van der Waals surface area (Å²) in [4.78, 5) is 28.1. The minimum absolute atomic E-state index is 0.0156. The molecule has 2 aromatic carbocycles. The van der Waals surface area contributed by atoms with Crippen LogP contribution in [0.5, 0.6) is 11.5 Å². The van der Waals surface area contributed by atoms with E-state index in [1.807, 2.05) is 45.0 Å². The van der Waals surface area contributed by atoms with Gasteiger partial charge in [0.25, 0.3) is 11.7 Å². The Balaban J connectivity index is 1.81. The number of nitrogens with zero attached hydrogens (tertiary/aromatic N) is 1. The van der Waals surface area contributed by atoms with E-state index in [4.69, 9.17) is 9.47 Å². The molecule has 2 fully saturated rings. The van der Waals surface area contributed by atoms with Gasteiger partial charge in [0, 0.05) is 11.6 Å². The van der Waals surface area contributed by atoms with Crippen molar-refractivity contribution < 1.29 is 24.2 Å². The van der Waals surface area contributed by atoms with E-state index >= 15 is 0 Å². The number of ketones is 1. The summed E-state index contributed by atoms with van der Waals surface area (Å²) in [5, 5.41) is 11.3. The van der Waals surface area contributed by atoms with Crippen LogP contribution < -0.4 is 9.47 Å². The van der Waals surface area contributed by atoms with Crippen LogP contribution in [0, 0.1) is 0 Å². The molecule has 1 saturated carbocycles. The topological polar surface area (TPSA) is 76.1 Å². The van der Waals surface area contributed by atoms with Crippen LogP contribution in [-0.2, 0) is 9.59 Å². The summed E-state index contributed by atoms with van der Waals surface area (Å²) in [5.41, 5.74) is 1.35. The Labute approximate surface area is 194 Å². The number of hydrogen-bond acceptors (Lipinski definition) is 5. The molecule has 1 N–H and O–H groups in total. The van der Waals surface area contributed by atoms with Gasteiger partial charge < -0.3 is 19.5 Å². The second-order valence-corrected chi connectivity index (χ2v) is 8.84. The maximum absolute atomic E-state index is 13.2. The number of carbonyl (C=O) groups is 2. The van der Waals surface area contributed by atoms with Crippen molar-refractivity contribution in [3.05, 3.63) is 65.2 Å². The normalized spacial score (nSPS) is 20.6. The molecule has 1 heterocycles. The van der Waals surface area contributed by atoms with E-state index in [-0.39, 0.29) is 23.5 Å². The molecule has 6 heteroatoms. The Morgan fingerprint density at radius 3 is 2.39 bits per heavy atom. The number of aliphatic hydroxyl groups is 1. The predicted octanol–water partition coefficient (Wildman–Crippen LogP) is 5.24. The first kappa shape index (κ1) is 22.9. The number of ether oxygens (including phenoxy) is 2. The van der Waals surface area contributed by atoms with Gasteiger partial charge in [0.05, 0.1) is 24.3 Å². The largest absolute Gasteiger partial charge is 0.507 e. The molecule has 1 saturated heterocycles. The number of carbonyl (C=O) groups excluding carboxylic acids is 2. The molecule has 1 aliphatic carbocycles. The Kier molecular flexibility index (Phi) is 6.72. The fourth-order valence-corrected chi connectivity index (χ4v) is 4.79. The van der Waals surface area contributed by atoms with E-state index < -0.39 is 17.7 Å². The molecule has 0 bridgehead atoms. The Hall–Kier alpha value is -3.28. The maximum atomic E-state index is 13.2. The fraction of sp³-hybridized carbons (Fsp3) is 0.407. The third-order valence-electron chi connectivity index (χ3n) is 6.18. The lowest BCUT2D eigenvalue weighted by Crippen LogP contribution is -2.37. The molecule has 6 nitrogen and oxygen atoms in total. The van der Waals surface area contributed by atoms with E-state index in [0.717, 1.165) is 37.0 Å². The third-order valence-corrected chi connectivity index (χ3v) is 6.18. The third kappa shape index (κ3) is 4.61. The predicted molar refractivity (Wildman–Crippen MR) is 126 cm³/mol. The first-order chi connectivity index (χ1) is 15.9. The molecule has 33 heavy (non-hydrogen) atoms. The van der Waals surface area contributed by atoms with Crippen molar-refractivity contribution >= 4 is 17.4 Å². The highest BCUT2D eigenvalue weighted by Crippen LogP contribution is 2.43. The molecular weight excluding hydrogens is 418 g/mol. The van der Waals surface area contributed by atoms with Crippen LogP contribution in [0.25, 0.3) is 5.76 Å². The fourth-order valence-electron chi connectivity index (χ4n) is 4.79. The number of Topliss-reactive ketones (excluding diaryl/α,β-unsaturated/α-hetero) is 1. The average Bonchev–Trinajstić information content (AvgIpc) is 3.41. The van der Waals surface area contributed by atoms with Crippen LogP contribution in [0.3, 0.4) is 0 Å². The van der Waals surface area contributed by atoms with Crippen LogP contribution >= 0.6 is 0 Å². The van der Waals surface area contributed by atoms with Gasteiger partial charge in [-0.25, -0.2) is 0 Å². The number of amides is 1. The smallest absolute Gasteiger partial charge is 0.295 e. The summed E-state index contributed by atoms with van der Waals surface area (Å²) < 4.78 is 11.3. The summed E-state index contributed by atoms with van der Waals surface area (Å²) in [6, 6.07) is 13.8. The standard InChI is InChI=1S/C27H31NO5/c1-4-32-22-11-7-8-19(16-22)25(29)23-24(18-12-14-21(15-13-18)33-17(2)3)28(27(31)26(23)30)20-9-5-6-10-20/h7-8,11-17,20,24,29H,4-6,9-10H2,1-3H3/b25-23-. The van der Waals surface area contributed by atoms with Gasteiger partial charge in [-0.3, -0.25) is 9.59 Å². The van der Waals surface area contributed by atoms with Crippen molar-refractivity contribution in [2.75, 3.05) is 6.61 Å². The van der Waals surface area contributed by atoms with Crippen molar-refractivity contribution in [1.29, 1.82) is 0 Å². The highest BCUT2D eigenvalue weighted by Gasteiger charge is 2.49. The zero-order valence-corrected chi connectivity index (χ0v) is 19.4. The van der Waals surface area contributed by atoms with Crippen molar-refractivity contribution in [3.8, 4) is 11.5 Å². The summed E-state index contributed by atoms with van der Waals surface area (Å²) in [5.74, 6) is -0.0529. The molecule has 1 atom stereocenters. The van der Waals surface area contributed by atoms with Crippen molar-refractivity contribution in [3.63, 3.8) is 0 Å². The van der Waals surface area contributed by atoms with E-state index in [1.165, 1.54) is 0 Å². The first-order valence-corrected chi connectivity index (χ1v) is 11.7. The van der Waals surface area contributed by atoms with Crippen molar-refractivity contribution in [2.45, 2.75) is 64.6 Å². The molecule has 1 amide bonds. The lowest BCUT2D eigenvalue weighted by atomic mass is 9.94. The summed E-state index contributed by atoms with van der Waals surface area (Å²) in [7, 11) is 0. The zero-order chi connectivity index (χ0) is 23.5. The number of likely N-dealkylation sites (tertiary alicyclic amines) is 1. The number of benzene rings is 2. The summed E-state index contributed by atoms with van der Waals surface area (Å²) in [6.07, 6.45) is 3.81. The van der Waals surface area contributed by atoms with Crippen molar-refractivity contribution in [2.24, 2.45) is 0 Å². The molecule has 2 aromatic rings. The Bertz CT molecular complexity index is 1050. The Morgan fingerprint density at radius 2 is 1.76 bits per heavy atom. The second kappa shape index (κ2) is 9.69. The van der Waals surface area contributed by atoms with E-state index in [2.05, 4.69) is 0 Å². The second-order valence-electron chi connectivity index (χ2n) is 8.84. The van der Waals surface area contributed by atoms with Gasteiger partial charge in [0.1, 0.15) is 17.3 Å². The van der Waals surface area contributed by atoms with Gasteiger partial charge in [-0.1, -0.05) is 37.1 Å². The SMILES string of the molecule is CCOc1cccc(/C(O)=C2/C(=O)C(=O)N(C3CCCC3)C2c2ccc(OC(C)C)cc2)c1. The van der Waals surface area contributed by atoms with Crippen LogP contribution in [0.15, 0.2) is 54.1 Å².